The third kappa shape index (κ3) is 1.12. The van der Waals surface area contributed by atoms with Gasteiger partial charge in [0.05, 0.1) is 18.3 Å². The van der Waals surface area contributed by atoms with Crippen molar-refractivity contribution >= 4 is 16.3 Å². The van der Waals surface area contributed by atoms with Gasteiger partial charge in [-0.3, -0.25) is 0 Å². The molecule has 0 spiro atoms. The van der Waals surface area contributed by atoms with Crippen molar-refractivity contribution in [2.45, 2.75) is 6.61 Å². The van der Waals surface area contributed by atoms with Gasteiger partial charge in [0, 0.05) is 11.6 Å². The normalized spacial score (nSPS) is 11.3. The molecule has 0 aliphatic rings. The minimum atomic E-state index is 0.0507. The smallest absolute Gasteiger partial charge is 0.0943 e. The fraction of sp³-hybridized carbons (Fsp3) is 0.0909. The van der Waals surface area contributed by atoms with Gasteiger partial charge in [0.1, 0.15) is 0 Å². The van der Waals surface area contributed by atoms with Crippen molar-refractivity contribution in [1.29, 1.82) is 0 Å². The van der Waals surface area contributed by atoms with Gasteiger partial charge in [-0.05, 0) is 17.0 Å². The van der Waals surface area contributed by atoms with Crippen LogP contribution in [0.4, 0.5) is 0 Å². The number of fused-ring (bicyclic) bond motifs is 3. The second-order valence-electron chi connectivity index (χ2n) is 3.42. The Balaban J connectivity index is 2.53. The van der Waals surface area contributed by atoms with Gasteiger partial charge in [0.15, 0.2) is 0 Å². The first kappa shape index (κ1) is 8.38. The lowest BCUT2D eigenvalue weighted by Gasteiger charge is -2.04. The van der Waals surface area contributed by atoms with Crippen molar-refractivity contribution in [2.24, 2.45) is 0 Å². The van der Waals surface area contributed by atoms with Crippen LogP contribution in [0.15, 0.2) is 36.7 Å². The summed E-state index contributed by atoms with van der Waals surface area (Å²) in [4.78, 5) is 0. The number of benzene rings is 1. The van der Waals surface area contributed by atoms with E-state index in [9.17, 15) is 5.11 Å². The van der Waals surface area contributed by atoms with Crippen LogP contribution in [-0.4, -0.2) is 19.9 Å². The molecule has 0 fully saturated rings. The Hall–Kier alpha value is -1.94. The van der Waals surface area contributed by atoms with Crippen LogP contribution in [0.5, 0.6) is 0 Å². The van der Waals surface area contributed by atoms with E-state index in [1.165, 1.54) is 0 Å². The summed E-state index contributed by atoms with van der Waals surface area (Å²) in [6.45, 7) is 0.0507. The minimum absolute atomic E-state index is 0.0507. The summed E-state index contributed by atoms with van der Waals surface area (Å²) in [5.74, 6) is 0. The summed E-state index contributed by atoms with van der Waals surface area (Å²) >= 11 is 0. The lowest BCUT2D eigenvalue weighted by atomic mass is 10.1. The van der Waals surface area contributed by atoms with Crippen LogP contribution in [0.2, 0.25) is 0 Å². The monoisotopic (exact) mass is 199 g/mol. The first-order valence-electron chi connectivity index (χ1n) is 4.71. The van der Waals surface area contributed by atoms with Gasteiger partial charge < -0.3 is 5.11 Å². The average Bonchev–Trinajstić information content (AvgIpc) is 2.76. The molecule has 0 unspecified atom stereocenters. The Bertz CT molecular complexity index is 630. The number of aliphatic hydroxyl groups excluding tert-OH is 1. The van der Waals surface area contributed by atoms with Gasteiger partial charge in [0.2, 0.25) is 0 Å². The van der Waals surface area contributed by atoms with Gasteiger partial charge in [-0.1, -0.05) is 23.4 Å². The summed E-state index contributed by atoms with van der Waals surface area (Å²) in [6, 6.07) is 7.80. The van der Waals surface area contributed by atoms with Gasteiger partial charge >= 0.3 is 0 Å². The number of aliphatic hydroxyl groups is 1. The van der Waals surface area contributed by atoms with E-state index in [1.807, 2.05) is 30.5 Å². The van der Waals surface area contributed by atoms with Crippen molar-refractivity contribution in [3.05, 3.63) is 42.2 Å². The number of rotatable bonds is 1. The van der Waals surface area contributed by atoms with Crippen molar-refractivity contribution < 1.29 is 5.11 Å². The topological polar surface area (TPSA) is 50.4 Å². The van der Waals surface area contributed by atoms with E-state index in [4.69, 9.17) is 0 Å². The predicted octanol–water partition coefficient (Wildman–Crippen LogP) is 1.37. The average molecular weight is 199 g/mol. The Kier molecular flexibility index (Phi) is 1.69. The molecular formula is C11H9N3O. The van der Waals surface area contributed by atoms with Crippen LogP contribution < -0.4 is 0 Å². The molecule has 3 rings (SSSR count). The SMILES string of the molecule is OCc1cccc2c1ccn1nncc21. The van der Waals surface area contributed by atoms with Crippen molar-refractivity contribution in [2.75, 3.05) is 0 Å². The van der Waals surface area contributed by atoms with Crippen LogP contribution in [0.1, 0.15) is 5.56 Å². The van der Waals surface area contributed by atoms with Crippen molar-refractivity contribution in [3.8, 4) is 0 Å². The van der Waals surface area contributed by atoms with E-state index in [2.05, 4.69) is 10.3 Å². The number of nitrogens with zero attached hydrogens (tertiary/aromatic N) is 3. The molecule has 1 aromatic carbocycles. The third-order valence-corrected chi connectivity index (χ3v) is 2.60. The van der Waals surface area contributed by atoms with E-state index in [0.29, 0.717) is 0 Å². The second kappa shape index (κ2) is 3.03. The lowest BCUT2D eigenvalue weighted by Crippen LogP contribution is -1.90. The quantitative estimate of drug-likeness (QED) is 0.644. The van der Waals surface area contributed by atoms with Gasteiger partial charge in [0.25, 0.3) is 0 Å². The predicted molar refractivity (Wildman–Crippen MR) is 56.4 cm³/mol. The molecule has 2 heterocycles. The summed E-state index contributed by atoms with van der Waals surface area (Å²) in [7, 11) is 0. The number of aromatic nitrogens is 3. The van der Waals surface area contributed by atoms with Crippen molar-refractivity contribution in [3.63, 3.8) is 0 Å². The molecule has 74 valence electrons. The maximum Gasteiger partial charge on any atom is 0.0943 e. The highest BCUT2D eigenvalue weighted by molar-refractivity contribution is 5.97. The molecule has 0 amide bonds. The molecule has 3 aromatic rings. The fourth-order valence-corrected chi connectivity index (χ4v) is 1.86. The highest BCUT2D eigenvalue weighted by atomic mass is 16.3. The fourth-order valence-electron chi connectivity index (χ4n) is 1.86. The van der Waals surface area contributed by atoms with E-state index < -0.39 is 0 Å². The molecular weight excluding hydrogens is 190 g/mol. The Labute approximate surface area is 85.8 Å². The van der Waals surface area contributed by atoms with Crippen LogP contribution >= 0.6 is 0 Å². The number of hydrogen-bond acceptors (Lipinski definition) is 3. The first-order chi connectivity index (χ1) is 7.40. The molecule has 0 aliphatic heterocycles. The zero-order valence-corrected chi connectivity index (χ0v) is 7.96. The Morgan fingerprint density at radius 3 is 3.00 bits per heavy atom. The molecule has 15 heavy (non-hydrogen) atoms. The number of pyridine rings is 1. The Morgan fingerprint density at radius 2 is 2.13 bits per heavy atom. The molecule has 0 bridgehead atoms. The van der Waals surface area contributed by atoms with E-state index in [0.717, 1.165) is 21.9 Å². The molecule has 2 aromatic heterocycles. The highest BCUT2D eigenvalue weighted by Gasteiger charge is 2.04. The van der Waals surface area contributed by atoms with Crippen LogP contribution in [0, 0.1) is 0 Å². The molecule has 0 atom stereocenters. The molecule has 0 saturated heterocycles. The molecule has 0 radical (unpaired) electrons. The standard InChI is InChI=1S/C11H9N3O/c15-7-8-2-1-3-10-9(8)4-5-14-11(10)6-12-13-14/h1-6,15H,7H2. The van der Waals surface area contributed by atoms with E-state index in [-0.39, 0.29) is 6.61 Å². The highest BCUT2D eigenvalue weighted by Crippen LogP contribution is 2.22. The van der Waals surface area contributed by atoms with Crippen LogP contribution in [0.25, 0.3) is 16.3 Å². The van der Waals surface area contributed by atoms with E-state index in [1.54, 1.807) is 10.7 Å². The van der Waals surface area contributed by atoms with Crippen molar-refractivity contribution in [1.82, 2.24) is 14.8 Å². The lowest BCUT2D eigenvalue weighted by molar-refractivity contribution is 0.283. The molecule has 4 heteroatoms. The third-order valence-electron chi connectivity index (χ3n) is 2.60. The zero-order chi connectivity index (χ0) is 10.3. The van der Waals surface area contributed by atoms with Crippen LogP contribution in [0.3, 0.4) is 0 Å². The van der Waals surface area contributed by atoms with Crippen LogP contribution in [-0.2, 0) is 6.61 Å². The number of hydrogen-bond donors (Lipinski definition) is 1. The summed E-state index contributed by atoms with van der Waals surface area (Å²) in [5.41, 5.74) is 1.89. The van der Waals surface area contributed by atoms with Gasteiger partial charge in [-0.15, -0.1) is 5.10 Å². The minimum Gasteiger partial charge on any atom is -0.392 e. The first-order valence-corrected chi connectivity index (χ1v) is 4.71. The zero-order valence-electron chi connectivity index (χ0n) is 7.96. The summed E-state index contributed by atoms with van der Waals surface area (Å²) in [5, 5.41) is 19.1. The molecule has 4 nitrogen and oxygen atoms in total. The molecule has 0 saturated carbocycles. The molecule has 0 aliphatic carbocycles. The Morgan fingerprint density at radius 1 is 1.20 bits per heavy atom. The maximum atomic E-state index is 9.22. The summed E-state index contributed by atoms with van der Waals surface area (Å²) < 4.78 is 1.73. The molecule has 1 N–H and O–H groups in total. The largest absolute Gasteiger partial charge is 0.392 e. The summed E-state index contributed by atoms with van der Waals surface area (Å²) in [6.07, 6.45) is 3.58. The van der Waals surface area contributed by atoms with E-state index >= 15 is 0 Å². The van der Waals surface area contributed by atoms with Gasteiger partial charge in [-0.25, -0.2) is 4.52 Å². The second-order valence-corrected chi connectivity index (χ2v) is 3.42. The maximum absolute atomic E-state index is 9.22. The van der Waals surface area contributed by atoms with Gasteiger partial charge in [-0.2, -0.15) is 0 Å².